The third-order valence-corrected chi connectivity index (χ3v) is 3.08. The topological polar surface area (TPSA) is 55.1 Å². The van der Waals surface area contributed by atoms with Gasteiger partial charge in [-0.05, 0) is 32.6 Å². The second-order valence-corrected chi connectivity index (χ2v) is 5.04. The first kappa shape index (κ1) is 11.5. The van der Waals surface area contributed by atoms with Gasteiger partial charge < -0.3 is 11.1 Å². The number of amides is 1. The third kappa shape index (κ3) is 2.98. The number of rotatable bonds is 2. The maximum absolute atomic E-state index is 11.6. The molecule has 1 saturated carbocycles. The molecule has 0 atom stereocenters. The molecule has 3 N–H and O–H groups in total. The standard InChI is InChI=1S/C11H22N2O/c1-8(2)10(14)13-11(3)6-4-9(12)5-7-11/h8-9H,4-7,12H2,1-3H3,(H,13,14). The first-order valence-electron chi connectivity index (χ1n) is 5.50. The Bertz CT molecular complexity index is 205. The molecule has 3 nitrogen and oxygen atoms in total. The lowest BCUT2D eigenvalue weighted by Gasteiger charge is -2.37. The van der Waals surface area contributed by atoms with E-state index in [2.05, 4.69) is 12.2 Å². The summed E-state index contributed by atoms with van der Waals surface area (Å²) < 4.78 is 0. The third-order valence-electron chi connectivity index (χ3n) is 3.08. The van der Waals surface area contributed by atoms with Crippen LogP contribution in [0.1, 0.15) is 46.5 Å². The Morgan fingerprint density at radius 1 is 1.43 bits per heavy atom. The van der Waals surface area contributed by atoms with Crippen molar-refractivity contribution in [1.82, 2.24) is 5.32 Å². The average Bonchev–Trinajstić information content (AvgIpc) is 2.10. The van der Waals surface area contributed by atoms with E-state index in [1.807, 2.05) is 13.8 Å². The summed E-state index contributed by atoms with van der Waals surface area (Å²) in [5.74, 6) is 0.227. The Morgan fingerprint density at radius 2 is 1.93 bits per heavy atom. The van der Waals surface area contributed by atoms with Crippen LogP contribution in [0.15, 0.2) is 0 Å². The Balaban J connectivity index is 2.46. The SMILES string of the molecule is CC(C)C(=O)NC1(C)CCC(N)CC1. The van der Waals surface area contributed by atoms with E-state index in [9.17, 15) is 4.79 Å². The summed E-state index contributed by atoms with van der Waals surface area (Å²) in [6, 6.07) is 0.332. The second-order valence-electron chi connectivity index (χ2n) is 5.04. The Hall–Kier alpha value is -0.570. The average molecular weight is 198 g/mol. The number of carbonyl (C=O) groups excluding carboxylic acids is 1. The highest BCUT2D eigenvalue weighted by molar-refractivity contribution is 5.78. The Kier molecular flexibility index (Phi) is 3.53. The van der Waals surface area contributed by atoms with Crippen LogP contribution in [-0.4, -0.2) is 17.5 Å². The fourth-order valence-corrected chi connectivity index (χ4v) is 1.84. The van der Waals surface area contributed by atoms with Crippen LogP contribution in [0.5, 0.6) is 0 Å². The number of hydrogen-bond donors (Lipinski definition) is 2. The van der Waals surface area contributed by atoms with Gasteiger partial charge >= 0.3 is 0 Å². The van der Waals surface area contributed by atoms with Gasteiger partial charge in [-0.25, -0.2) is 0 Å². The molecule has 1 rings (SSSR count). The maximum atomic E-state index is 11.6. The monoisotopic (exact) mass is 198 g/mol. The highest BCUT2D eigenvalue weighted by Gasteiger charge is 2.31. The largest absolute Gasteiger partial charge is 0.351 e. The predicted molar refractivity (Wildman–Crippen MR) is 57.8 cm³/mol. The van der Waals surface area contributed by atoms with Crippen LogP contribution in [0, 0.1) is 5.92 Å². The van der Waals surface area contributed by atoms with Crippen LogP contribution < -0.4 is 11.1 Å². The zero-order valence-corrected chi connectivity index (χ0v) is 9.47. The number of hydrogen-bond acceptors (Lipinski definition) is 2. The molecule has 1 fully saturated rings. The summed E-state index contributed by atoms with van der Waals surface area (Å²) in [5, 5.41) is 3.12. The molecule has 0 aromatic rings. The minimum atomic E-state index is -0.0166. The van der Waals surface area contributed by atoms with Gasteiger partial charge in [0, 0.05) is 17.5 Å². The molecule has 14 heavy (non-hydrogen) atoms. The molecule has 0 heterocycles. The van der Waals surface area contributed by atoms with Crippen LogP contribution in [0.4, 0.5) is 0 Å². The van der Waals surface area contributed by atoms with Crippen molar-refractivity contribution in [2.75, 3.05) is 0 Å². The van der Waals surface area contributed by atoms with Crippen molar-refractivity contribution in [2.24, 2.45) is 11.7 Å². The van der Waals surface area contributed by atoms with Crippen LogP contribution in [-0.2, 0) is 4.79 Å². The number of carbonyl (C=O) groups is 1. The van der Waals surface area contributed by atoms with Crippen molar-refractivity contribution in [3.63, 3.8) is 0 Å². The summed E-state index contributed by atoms with van der Waals surface area (Å²) in [5.41, 5.74) is 5.82. The summed E-state index contributed by atoms with van der Waals surface area (Å²) in [4.78, 5) is 11.6. The molecular formula is C11H22N2O. The smallest absolute Gasteiger partial charge is 0.222 e. The molecule has 1 amide bonds. The van der Waals surface area contributed by atoms with Crippen LogP contribution in [0.25, 0.3) is 0 Å². The van der Waals surface area contributed by atoms with Crippen molar-refractivity contribution >= 4 is 5.91 Å². The van der Waals surface area contributed by atoms with E-state index >= 15 is 0 Å². The van der Waals surface area contributed by atoms with E-state index in [4.69, 9.17) is 5.73 Å². The van der Waals surface area contributed by atoms with Gasteiger partial charge in [-0.3, -0.25) is 4.79 Å². The molecule has 0 unspecified atom stereocenters. The van der Waals surface area contributed by atoms with Gasteiger partial charge in [0.1, 0.15) is 0 Å². The first-order valence-corrected chi connectivity index (χ1v) is 5.50. The quantitative estimate of drug-likeness (QED) is 0.705. The molecule has 0 radical (unpaired) electrons. The summed E-state index contributed by atoms with van der Waals surface area (Å²) in [6.45, 7) is 5.97. The molecule has 0 bridgehead atoms. The molecular weight excluding hydrogens is 176 g/mol. The first-order chi connectivity index (χ1) is 6.43. The summed E-state index contributed by atoms with van der Waals surface area (Å²) >= 11 is 0. The van der Waals surface area contributed by atoms with Crippen molar-refractivity contribution in [1.29, 1.82) is 0 Å². The maximum Gasteiger partial charge on any atom is 0.222 e. The normalized spacial score (nSPS) is 33.1. The molecule has 0 saturated heterocycles. The number of nitrogens with one attached hydrogen (secondary N) is 1. The molecule has 82 valence electrons. The van der Waals surface area contributed by atoms with Gasteiger partial charge in [-0.2, -0.15) is 0 Å². The summed E-state index contributed by atoms with van der Waals surface area (Å²) in [7, 11) is 0. The molecule has 1 aliphatic rings. The van der Waals surface area contributed by atoms with E-state index in [0.717, 1.165) is 25.7 Å². The Labute approximate surface area is 86.4 Å². The second kappa shape index (κ2) is 4.30. The van der Waals surface area contributed by atoms with Crippen molar-refractivity contribution in [3.05, 3.63) is 0 Å². The molecule has 3 heteroatoms. The van der Waals surface area contributed by atoms with E-state index < -0.39 is 0 Å². The van der Waals surface area contributed by atoms with E-state index in [1.54, 1.807) is 0 Å². The zero-order chi connectivity index (χ0) is 10.8. The minimum absolute atomic E-state index is 0.0166. The van der Waals surface area contributed by atoms with Gasteiger partial charge in [0.25, 0.3) is 0 Å². The van der Waals surface area contributed by atoms with Gasteiger partial charge in [-0.1, -0.05) is 13.8 Å². The molecule has 0 spiro atoms. The Morgan fingerprint density at radius 3 is 2.36 bits per heavy atom. The number of nitrogens with two attached hydrogens (primary N) is 1. The highest BCUT2D eigenvalue weighted by atomic mass is 16.2. The van der Waals surface area contributed by atoms with E-state index in [0.29, 0.717) is 6.04 Å². The van der Waals surface area contributed by atoms with Gasteiger partial charge in [0.15, 0.2) is 0 Å². The molecule has 0 aliphatic heterocycles. The minimum Gasteiger partial charge on any atom is -0.351 e. The van der Waals surface area contributed by atoms with Gasteiger partial charge in [0.05, 0.1) is 0 Å². The summed E-state index contributed by atoms with van der Waals surface area (Å²) in [6.07, 6.45) is 4.06. The van der Waals surface area contributed by atoms with Crippen molar-refractivity contribution in [2.45, 2.75) is 58.0 Å². The van der Waals surface area contributed by atoms with Crippen LogP contribution >= 0.6 is 0 Å². The zero-order valence-electron chi connectivity index (χ0n) is 9.47. The lowest BCUT2D eigenvalue weighted by Crippen LogP contribution is -2.51. The predicted octanol–water partition coefficient (Wildman–Crippen LogP) is 1.42. The molecule has 0 aromatic carbocycles. The molecule has 0 aromatic heterocycles. The van der Waals surface area contributed by atoms with Crippen LogP contribution in [0.3, 0.4) is 0 Å². The van der Waals surface area contributed by atoms with E-state index in [-0.39, 0.29) is 17.4 Å². The lowest BCUT2D eigenvalue weighted by atomic mass is 9.81. The van der Waals surface area contributed by atoms with Gasteiger partial charge in [-0.15, -0.1) is 0 Å². The van der Waals surface area contributed by atoms with Crippen LogP contribution in [0.2, 0.25) is 0 Å². The van der Waals surface area contributed by atoms with Crippen molar-refractivity contribution in [3.8, 4) is 0 Å². The fourth-order valence-electron chi connectivity index (χ4n) is 1.84. The van der Waals surface area contributed by atoms with E-state index in [1.165, 1.54) is 0 Å². The van der Waals surface area contributed by atoms with Gasteiger partial charge in [0.2, 0.25) is 5.91 Å². The molecule has 1 aliphatic carbocycles. The fraction of sp³-hybridized carbons (Fsp3) is 0.909. The van der Waals surface area contributed by atoms with Crippen molar-refractivity contribution < 1.29 is 4.79 Å². The lowest BCUT2D eigenvalue weighted by molar-refractivity contribution is -0.126. The highest BCUT2D eigenvalue weighted by Crippen LogP contribution is 2.27.